The van der Waals surface area contributed by atoms with Gasteiger partial charge in [-0.3, -0.25) is 9.20 Å². The summed E-state index contributed by atoms with van der Waals surface area (Å²) in [5.74, 6) is -0.329. The van der Waals surface area contributed by atoms with Crippen molar-refractivity contribution in [1.82, 2.24) is 9.38 Å². The number of nitrogens with zero attached hydrogens (tertiary/aromatic N) is 2. The third kappa shape index (κ3) is 3.05. The Kier molecular flexibility index (Phi) is 4.90. The van der Waals surface area contributed by atoms with Crippen LogP contribution in [0.1, 0.15) is 25.1 Å². The monoisotopic (exact) mass is 294 g/mol. The second kappa shape index (κ2) is 6.67. The minimum Gasteiger partial charge on any atom is -0.484 e. The van der Waals surface area contributed by atoms with Gasteiger partial charge in [-0.15, -0.1) is 0 Å². The third-order valence-corrected chi connectivity index (χ3v) is 3.24. The Morgan fingerprint density at radius 3 is 2.67 bits per heavy atom. The van der Waals surface area contributed by atoms with E-state index >= 15 is 0 Å². The van der Waals surface area contributed by atoms with Crippen LogP contribution in [0.3, 0.4) is 0 Å². The van der Waals surface area contributed by atoms with Crippen molar-refractivity contribution in [2.24, 2.45) is 0 Å². The van der Waals surface area contributed by atoms with E-state index in [1.165, 1.54) is 10.5 Å². The predicted octanol–water partition coefficient (Wildman–Crippen LogP) is 1.98. The second-order valence-electron chi connectivity index (χ2n) is 4.63. The van der Waals surface area contributed by atoms with E-state index < -0.39 is 5.82 Å². The summed E-state index contributed by atoms with van der Waals surface area (Å²) in [6.07, 6.45) is 2.73. The van der Waals surface area contributed by atoms with Gasteiger partial charge in [0.1, 0.15) is 6.61 Å². The zero-order chi connectivity index (χ0) is 15.4. The second-order valence-corrected chi connectivity index (χ2v) is 4.63. The summed E-state index contributed by atoms with van der Waals surface area (Å²) in [5.41, 5.74) is 0.838. The van der Waals surface area contributed by atoms with Crippen LogP contribution in [0.4, 0.5) is 4.39 Å². The molecule has 0 aliphatic heterocycles. The molecule has 2 aromatic heterocycles. The Hall–Kier alpha value is -1.95. The highest BCUT2D eigenvalue weighted by molar-refractivity contribution is 5.45. The van der Waals surface area contributed by atoms with Gasteiger partial charge >= 0.3 is 5.56 Å². The lowest BCUT2D eigenvalue weighted by atomic mass is 10.2. The number of fused-ring (bicyclic) bond motifs is 1. The molecule has 2 rings (SSSR count). The Labute approximate surface area is 122 Å². The molecule has 0 fully saturated rings. The molecule has 0 N–H and O–H groups in total. The van der Waals surface area contributed by atoms with E-state index in [9.17, 15) is 9.18 Å². The van der Waals surface area contributed by atoms with Crippen LogP contribution in [0.5, 0.6) is 5.75 Å². The van der Waals surface area contributed by atoms with Crippen molar-refractivity contribution in [3.63, 3.8) is 0 Å². The van der Waals surface area contributed by atoms with Crippen molar-refractivity contribution in [2.75, 3.05) is 20.3 Å². The molecule has 2 aromatic rings. The van der Waals surface area contributed by atoms with E-state index in [1.54, 1.807) is 13.3 Å². The Morgan fingerprint density at radius 2 is 2.05 bits per heavy atom. The summed E-state index contributed by atoms with van der Waals surface area (Å²) in [7, 11) is 1.55. The molecule has 2 heterocycles. The summed E-state index contributed by atoms with van der Waals surface area (Å²) in [6, 6.07) is 1.41. The average molecular weight is 294 g/mol. The van der Waals surface area contributed by atoms with Crippen LogP contribution < -0.4 is 10.3 Å². The number of hydrogen-bond donors (Lipinski definition) is 0. The summed E-state index contributed by atoms with van der Waals surface area (Å²) in [5, 5.41) is 0. The van der Waals surface area contributed by atoms with Crippen molar-refractivity contribution in [3.05, 3.63) is 39.7 Å². The highest BCUT2D eigenvalue weighted by atomic mass is 19.1. The van der Waals surface area contributed by atoms with Crippen LogP contribution in [-0.4, -0.2) is 29.7 Å². The van der Waals surface area contributed by atoms with E-state index in [0.717, 1.165) is 5.56 Å². The molecule has 21 heavy (non-hydrogen) atoms. The number of methoxy groups -OCH3 is 1. The molecule has 0 bridgehead atoms. The number of pyridine rings is 1. The van der Waals surface area contributed by atoms with Gasteiger partial charge in [0.15, 0.2) is 11.5 Å². The van der Waals surface area contributed by atoms with E-state index in [4.69, 9.17) is 9.47 Å². The zero-order valence-corrected chi connectivity index (χ0v) is 12.5. The minimum atomic E-state index is -0.496. The maximum absolute atomic E-state index is 14.1. The van der Waals surface area contributed by atoms with E-state index in [2.05, 4.69) is 4.98 Å². The fourth-order valence-electron chi connectivity index (χ4n) is 2.09. The maximum Gasteiger partial charge on any atom is 0.300 e. The quantitative estimate of drug-likeness (QED) is 0.765. The van der Waals surface area contributed by atoms with Gasteiger partial charge in [-0.2, -0.15) is 0 Å². The minimum absolute atomic E-state index is 0.0353. The van der Waals surface area contributed by atoms with Crippen LogP contribution in [-0.2, 0) is 17.6 Å². The van der Waals surface area contributed by atoms with E-state index in [0.29, 0.717) is 25.1 Å². The predicted molar refractivity (Wildman–Crippen MR) is 77.5 cm³/mol. The van der Waals surface area contributed by atoms with Gasteiger partial charge in [0.2, 0.25) is 5.75 Å². The molecule has 0 aliphatic carbocycles. The van der Waals surface area contributed by atoms with Gasteiger partial charge in [0.05, 0.1) is 12.3 Å². The molecule has 5 nitrogen and oxygen atoms in total. The normalized spacial score (nSPS) is 11.0. The number of rotatable bonds is 6. The van der Waals surface area contributed by atoms with Crippen LogP contribution in [0.25, 0.3) is 5.65 Å². The fourth-order valence-corrected chi connectivity index (χ4v) is 2.09. The highest BCUT2D eigenvalue weighted by Gasteiger charge is 2.16. The lowest BCUT2D eigenvalue weighted by Gasteiger charge is -2.12. The number of aryl methyl sites for hydroxylation is 2. The molecule has 0 amide bonds. The van der Waals surface area contributed by atoms with Crippen molar-refractivity contribution in [1.29, 1.82) is 0 Å². The fraction of sp³-hybridized carbons (Fsp3) is 0.467. The Morgan fingerprint density at radius 1 is 1.29 bits per heavy atom. The summed E-state index contributed by atoms with van der Waals surface area (Å²) in [6.45, 7) is 4.37. The Balaban J connectivity index is 2.62. The van der Waals surface area contributed by atoms with Gasteiger partial charge in [-0.1, -0.05) is 13.8 Å². The molecule has 0 spiro atoms. The van der Waals surface area contributed by atoms with E-state index in [-0.39, 0.29) is 23.6 Å². The van der Waals surface area contributed by atoms with Gasteiger partial charge in [-0.25, -0.2) is 9.37 Å². The first-order valence-corrected chi connectivity index (χ1v) is 6.97. The molecule has 114 valence electrons. The standard InChI is InChI=1S/C15H19FN2O3/c1-4-10-8-11(16)14-17-12(5-2)13(21-7-6-20-3)15(19)18(14)9-10/h8-9H,4-7H2,1-3H3. The van der Waals surface area contributed by atoms with Crippen molar-refractivity contribution >= 4 is 5.65 Å². The molecule has 0 aromatic carbocycles. The molecule has 0 saturated heterocycles. The molecular weight excluding hydrogens is 275 g/mol. The number of ether oxygens (including phenoxy) is 2. The van der Waals surface area contributed by atoms with Crippen LogP contribution in [0.2, 0.25) is 0 Å². The third-order valence-electron chi connectivity index (χ3n) is 3.24. The first kappa shape index (κ1) is 15.4. The first-order chi connectivity index (χ1) is 10.1. The molecule has 0 saturated carbocycles. The first-order valence-electron chi connectivity index (χ1n) is 6.97. The summed E-state index contributed by atoms with van der Waals surface area (Å²) >= 11 is 0. The van der Waals surface area contributed by atoms with Crippen LogP contribution in [0, 0.1) is 5.82 Å². The number of aromatic nitrogens is 2. The summed E-state index contributed by atoms with van der Waals surface area (Å²) in [4.78, 5) is 16.7. The smallest absolute Gasteiger partial charge is 0.300 e. The zero-order valence-electron chi connectivity index (χ0n) is 12.5. The maximum atomic E-state index is 14.1. The largest absolute Gasteiger partial charge is 0.484 e. The average Bonchev–Trinajstić information content (AvgIpc) is 2.49. The molecule has 0 radical (unpaired) electrons. The molecule has 6 heteroatoms. The van der Waals surface area contributed by atoms with Crippen molar-refractivity contribution < 1.29 is 13.9 Å². The lowest BCUT2D eigenvalue weighted by Crippen LogP contribution is -2.22. The molecule has 0 unspecified atom stereocenters. The topological polar surface area (TPSA) is 52.8 Å². The van der Waals surface area contributed by atoms with Crippen molar-refractivity contribution in [2.45, 2.75) is 26.7 Å². The highest BCUT2D eigenvalue weighted by Crippen LogP contribution is 2.16. The van der Waals surface area contributed by atoms with Gasteiger partial charge in [0, 0.05) is 13.3 Å². The van der Waals surface area contributed by atoms with Gasteiger partial charge < -0.3 is 9.47 Å². The Bertz CT molecular complexity index is 697. The summed E-state index contributed by atoms with van der Waals surface area (Å²) < 4.78 is 25.7. The molecule has 0 aliphatic rings. The van der Waals surface area contributed by atoms with Crippen LogP contribution in [0.15, 0.2) is 17.1 Å². The van der Waals surface area contributed by atoms with Gasteiger partial charge in [-0.05, 0) is 24.5 Å². The lowest BCUT2D eigenvalue weighted by molar-refractivity contribution is 0.144. The van der Waals surface area contributed by atoms with Crippen molar-refractivity contribution in [3.8, 4) is 5.75 Å². The number of halogens is 1. The van der Waals surface area contributed by atoms with E-state index in [1.807, 2.05) is 13.8 Å². The molecular formula is C15H19FN2O3. The van der Waals surface area contributed by atoms with Crippen LogP contribution >= 0.6 is 0 Å². The SMILES string of the molecule is CCc1cc(F)c2nc(CC)c(OCCOC)c(=O)n2c1. The number of hydrogen-bond acceptors (Lipinski definition) is 4. The van der Waals surface area contributed by atoms with Gasteiger partial charge in [0.25, 0.3) is 0 Å². The molecule has 0 atom stereocenters.